The van der Waals surface area contributed by atoms with Crippen LogP contribution in [0.4, 0.5) is 4.39 Å². The van der Waals surface area contributed by atoms with E-state index in [4.69, 9.17) is 14.0 Å². The van der Waals surface area contributed by atoms with Gasteiger partial charge in [-0.3, -0.25) is 4.79 Å². The summed E-state index contributed by atoms with van der Waals surface area (Å²) in [6, 6.07) is 11.6. The number of amides is 1. The van der Waals surface area contributed by atoms with Gasteiger partial charge in [-0.2, -0.15) is 4.98 Å². The quantitative estimate of drug-likeness (QED) is 0.630. The molecule has 2 heterocycles. The van der Waals surface area contributed by atoms with Crippen molar-refractivity contribution in [3.63, 3.8) is 0 Å². The first-order valence-corrected chi connectivity index (χ1v) is 9.19. The van der Waals surface area contributed by atoms with Gasteiger partial charge in [0, 0.05) is 18.5 Å². The van der Waals surface area contributed by atoms with Crippen molar-refractivity contribution < 1.29 is 23.2 Å². The Balaban J connectivity index is 1.57. The first kappa shape index (κ1) is 18.9. The molecule has 2 aromatic carbocycles. The van der Waals surface area contributed by atoms with Crippen LogP contribution in [0.1, 0.15) is 30.3 Å². The first-order chi connectivity index (χ1) is 14.1. The van der Waals surface area contributed by atoms with Crippen molar-refractivity contribution in [1.82, 2.24) is 15.0 Å². The maximum absolute atomic E-state index is 14.0. The van der Waals surface area contributed by atoms with E-state index in [1.165, 1.54) is 13.2 Å². The molecule has 0 spiro atoms. The summed E-state index contributed by atoms with van der Waals surface area (Å²) < 4.78 is 29.7. The lowest BCUT2D eigenvalue weighted by Gasteiger charge is -2.22. The van der Waals surface area contributed by atoms with Crippen molar-refractivity contribution in [3.8, 4) is 22.9 Å². The minimum absolute atomic E-state index is 0.0349. The highest BCUT2D eigenvalue weighted by Crippen LogP contribution is 2.34. The van der Waals surface area contributed by atoms with Crippen LogP contribution >= 0.6 is 0 Å². The smallest absolute Gasteiger partial charge is 0.249 e. The molecule has 1 aliphatic heterocycles. The number of methoxy groups -OCH3 is 2. The van der Waals surface area contributed by atoms with Gasteiger partial charge in [0.2, 0.25) is 17.6 Å². The number of carbonyl (C=O) groups is 1. The monoisotopic (exact) mass is 397 g/mol. The van der Waals surface area contributed by atoms with Gasteiger partial charge in [0.25, 0.3) is 0 Å². The van der Waals surface area contributed by atoms with Crippen LogP contribution in [0, 0.1) is 5.82 Å². The van der Waals surface area contributed by atoms with Crippen LogP contribution in [0.25, 0.3) is 11.4 Å². The Bertz CT molecular complexity index is 1040. The van der Waals surface area contributed by atoms with E-state index >= 15 is 0 Å². The Hall–Kier alpha value is -3.42. The van der Waals surface area contributed by atoms with Crippen molar-refractivity contribution in [2.24, 2.45) is 0 Å². The van der Waals surface area contributed by atoms with Crippen LogP contribution < -0.4 is 9.47 Å². The Labute approximate surface area is 167 Å². The van der Waals surface area contributed by atoms with Crippen LogP contribution in [0.15, 0.2) is 47.0 Å². The van der Waals surface area contributed by atoms with E-state index in [2.05, 4.69) is 10.1 Å². The van der Waals surface area contributed by atoms with Gasteiger partial charge in [-0.1, -0.05) is 23.4 Å². The van der Waals surface area contributed by atoms with Crippen molar-refractivity contribution in [2.45, 2.75) is 25.4 Å². The third kappa shape index (κ3) is 3.78. The molecule has 1 aromatic heterocycles. The second-order valence-corrected chi connectivity index (χ2v) is 6.73. The average Bonchev–Trinajstić information content (AvgIpc) is 3.36. The predicted molar refractivity (Wildman–Crippen MR) is 102 cm³/mol. The third-order valence-electron chi connectivity index (χ3n) is 4.95. The van der Waals surface area contributed by atoms with Crippen LogP contribution in [0.5, 0.6) is 11.5 Å². The van der Waals surface area contributed by atoms with E-state index in [1.54, 1.807) is 24.1 Å². The molecule has 1 unspecified atom stereocenters. The van der Waals surface area contributed by atoms with Gasteiger partial charge in [-0.25, -0.2) is 4.39 Å². The summed E-state index contributed by atoms with van der Waals surface area (Å²) in [5.74, 6) is 1.14. The average molecular weight is 397 g/mol. The molecule has 0 aliphatic carbocycles. The largest absolute Gasteiger partial charge is 0.497 e. The number of benzene rings is 2. The lowest BCUT2D eigenvalue weighted by Crippen LogP contribution is -2.27. The van der Waals surface area contributed by atoms with Crippen molar-refractivity contribution >= 4 is 5.91 Å². The summed E-state index contributed by atoms with van der Waals surface area (Å²) in [5, 5.41) is 4.05. The second-order valence-electron chi connectivity index (χ2n) is 6.73. The number of halogens is 1. The van der Waals surface area contributed by atoms with Gasteiger partial charge >= 0.3 is 0 Å². The zero-order valence-corrected chi connectivity index (χ0v) is 16.1. The highest BCUT2D eigenvalue weighted by atomic mass is 19.1. The molecule has 4 rings (SSSR count). The zero-order valence-electron chi connectivity index (χ0n) is 16.1. The van der Waals surface area contributed by atoms with E-state index in [0.29, 0.717) is 35.9 Å². The summed E-state index contributed by atoms with van der Waals surface area (Å²) in [6.45, 7) is 0.251. The molecular formula is C21H20FN3O4. The molecule has 0 bridgehead atoms. The van der Waals surface area contributed by atoms with E-state index in [-0.39, 0.29) is 24.2 Å². The number of rotatable bonds is 6. The number of ether oxygens (including phenoxy) is 2. The van der Waals surface area contributed by atoms with Crippen molar-refractivity contribution in [2.75, 3.05) is 14.2 Å². The number of likely N-dealkylation sites (tertiary alicyclic amines) is 1. The molecular weight excluding hydrogens is 377 g/mol. The van der Waals surface area contributed by atoms with E-state index < -0.39 is 5.82 Å². The third-order valence-corrected chi connectivity index (χ3v) is 4.95. The highest BCUT2D eigenvalue weighted by Gasteiger charge is 2.36. The minimum Gasteiger partial charge on any atom is -0.497 e. The molecule has 0 saturated carbocycles. The summed E-state index contributed by atoms with van der Waals surface area (Å²) in [4.78, 5) is 18.6. The van der Waals surface area contributed by atoms with Crippen molar-refractivity contribution in [1.29, 1.82) is 0 Å². The van der Waals surface area contributed by atoms with Gasteiger partial charge in [0.05, 0.1) is 14.2 Å². The molecule has 1 aliphatic rings. The number of hydrogen-bond donors (Lipinski definition) is 0. The molecule has 1 atom stereocenters. The lowest BCUT2D eigenvalue weighted by molar-refractivity contribution is -0.130. The molecule has 0 radical (unpaired) electrons. The summed E-state index contributed by atoms with van der Waals surface area (Å²) >= 11 is 0. The number of aromatic nitrogens is 2. The highest BCUT2D eigenvalue weighted by molar-refractivity contribution is 5.78. The minimum atomic E-state index is -0.466. The normalized spacial score (nSPS) is 16.3. The Morgan fingerprint density at radius 2 is 2.07 bits per heavy atom. The molecule has 8 heteroatoms. The van der Waals surface area contributed by atoms with Crippen LogP contribution in [-0.2, 0) is 11.3 Å². The maximum Gasteiger partial charge on any atom is 0.249 e. The topological polar surface area (TPSA) is 77.7 Å². The predicted octanol–water partition coefficient (Wildman–Crippen LogP) is 3.76. The number of carbonyl (C=O) groups excluding carboxylic acids is 1. The molecule has 29 heavy (non-hydrogen) atoms. The van der Waals surface area contributed by atoms with Gasteiger partial charge < -0.3 is 18.9 Å². The Kier molecular flexibility index (Phi) is 5.16. The Morgan fingerprint density at radius 3 is 2.83 bits per heavy atom. The van der Waals surface area contributed by atoms with Crippen LogP contribution in [-0.4, -0.2) is 35.2 Å². The molecule has 1 fully saturated rings. The van der Waals surface area contributed by atoms with E-state index in [9.17, 15) is 9.18 Å². The van der Waals surface area contributed by atoms with E-state index in [1.807, 2.05) is 24.3 Å². The summed E-state index contributed by atoms with van der Waals surface area (Å²) in [6.07, 6.45) is 0.942. The number of hydrogen-bond acceptors (Lipinski definition) is 6. The second kappa shape index (κ2) is 7.90. The standard InChI is InChI=1S/C21H20FN3O4/c1-27-15-5-3-4-14(11-15)20-23-21(29-24-20)17-7-9-19(26)25(17)12-13-6-8-18(28-2)16(22)10-13/h3-6,8,10-11,17H,7,9,12H2,1-2H3. The SMILES string of the molecule is COc1cccc(-c2noc(C3CCC(=O)N3Cc3ccc(OC)c(F)c3)n2)c1. The summed E-state index contributed by atoms with van der Waals surface area (Å²) in [7, 11) is 3.00. The fourth-order valence-corrected chi connectivity index (χ4v) is 3.44. The number of nitrogens with zero attached hydrogens (tertiary/aromatic N) is 3. The molecule has 3 aromatic rings. The summed E-state index contributed by atoms with van der Waals surface area (Å²) in [5.41, 5.74) is 1.42. The lowest BCUT2D eigenvalue weighted by atomic mass is 10.1. The molecule has 1 amide bonds. The van der Waals surface area contributed by atoms with Gasteiger partial charge in [-0.05, 0) is 36.2 Å². The fraction of sp³-hybridized carbons (Fsp3) is 0.286. The molecule has 1 saturated heterocycles. The van der Waals surface area contributed by atoms with Crippen LogP contribution in [0.3, 0.4) is 0 Å². The Morgan fingerprint density at radius 1 is 1.21 bits per heavy atom. The van der Waals surface area contributed by atoms with Crippen LogP contribution in [0.2, 0.25) is 0 Å². The molecule has 150 valence electrons. The zero-order chi connectivity index (χ0) is 20.4. The van der Waals surface area contributed by atoms with Gasteiger partial charge in [-0.15, -0.1) is 0 Å². The van der Waals surface area contributed by atoms with E-state index in [0.717, 1.165) is 5.56 Å². The fourth-order valence-electron chi connectivity index (χ4n) is 3.44. The van der Waals surface area contributed by atoms with Crippen molar-refractivity contribution in [3.05, 3.63) is 59.7 Å². The molecule has 7 nitrogen and oxygen atoms in total. The molecule has 0 N–H and O–H groups in total. The maximum atomic E-state index is 14.0. The van der Waals surface area contributed by atoms with Gasteiger partial charge in [0.15, 0.2) is 11.6 Å². The van der Waals surface area contributed by atoms with Gasteiger partial charge in [0.1, 0.15) is 11.8 Å². The first-order valence-electron chi connectivity index (χ1n) is 9.19.